The van der Waals surface area contributed by atoms with E-state index < -0.39 is 5.54 Å². The second-order valence-electron chi connectivity index (χ2n) is 8.26. The van der Waals surface area contributed by atoms with E-state index in [0.29, 0.717) is 26.1 Å². The molecular formula is C22H29N3O4. The lowest BCUT2D eigenvalue weighted by Gasteiger charge is -2.49. The van der Waals surface area contributed by atoms with Crippen LogP contribution in [-0.2, 0) is 26.3 Å². The van der Waals surface area contributed by atoms with Crippen molar-refractivity contribution in [3.8, 4) is 5.75 Å². The number of benzene rings is 1. The average Bonchev–Trinajstić information content (AvgIpc) is 3.08. The number of aromatic nitrogens is 1. The van der Waals surface area contributed by atoms with Gasteiger partial charge in [-0.25, -0.2) is 0 Å². The lowest BCUT2D eigenvalue weighted by atomic mass is 9.83. The number of carbonyl (C=O) groups is 2. The minimum absolute atomic E-state index is 0.00114. The first-order valence-electron chi connectivity index (χ1n) is 10.3. The summed E-state index contributed by atoms with van der Waals surface area (Å²) >= 11 is 0. The number of carbonyl (C=O) groups excluding carboxylic acids is 2. The molecule has 1 unspecified atom stereocenters. The zero-order valence-corrected chi connectivity index (χ0v) is 17.6. The molecule has 1 aromatic carbocycles. The van der Waals surface area contributed by atoms with Gasteiger partial charge in [-0.3, -0.25) is 9.59 Å². The van der Waals surface area contributed by atoms with E-state index in [0.717, 1.165) is 34.3 Å². The molecule has 0 spiro atoms. The van der Waals surface area contributed by atoms with Gasteiger partial charge >= 0.3 is 0 Å². The van der Waals surface area contributed by atoms with E-state index in [1.165, 1.54) is 0 Å². The third-order valence-corrected chi connectivity index (χ3v) is 6.08. The number of aromatic amines is 1. The number of hydrogen-bond acceptors (Lipinski definition) is 4. The van der Waals surface area contributed by atoms with E-state index in [4.69, 9.17) is 9.47 Å². The number of piperazine rings is 1. The molecule has 1 aromatic heterocycles. The van der Waals surface area contributed by atoms with Crippen LogP contribution in [0.1, 0.15) is 38.4 Å². The highest BCUT2D eigenvalue weighted by Gasteiger charge is 2.53. The van der Waals surface area contributed by atoms with Crippen molar-refractivity contribution in [2.24, 2.45) is 0 Å². The SMILES string of the molecule is COc1ccc2[nH]c3c(c2c1)CCN1C(=O)CN(CCCOC(C)C)C(=O)C31C. The molecule has 1 fully saturated rings. The quantitative estimate of drug-likeness (QED) is 0.757. The highest BCUT2D eigenvalue weighted by molar-refractivity contribution is 6.00. The molecule has 1 atom stereocenters. The minimum Gasteiger partial charge on any atom is -0.497 e. The van der Waals surface area contributed by atoms with Crippen molar-refractivity contribution >= 4 is 22.7 Å². The van der Waals surface area contributed by atoms with Crippen LogP contribution < -0.4 is 4.74 Å². The number of amides is 2. The molecule has 0 saturated carbocycles. The summed E-state index contributed by atoms with van der Waals surface area (Å²) in [5.74, 6) is 0.754. The first-order valence-corrected chi connectivity index (χ1v) is 10.3. The van der Waals surface area contributed by atoms with Crippen molar-refractivity contribution in [3.05, 3.63) is 29.5 Å². The molecule has 1 N–H and O–H groups in total. The molecule has 2 aromatic rings. The van der Waals surface area contributed by atoms with E-state index in [2.05, 4.69) is 4.98 Å². The van der Waals surface area contributed by atoms with Crippen LogP contribution >= 0.6 is 0 Å². The largest absolute Gasteiger partial charge is 0.497 e. The molecule has 29 heavy (non-hydrogen) atoms. The van der Waals surface area contributed by atoms with Crippen LogP contribution in [0.25, 0.3) is 10.9 Å². The molecule has 0 radical (unpaired) electrons. The Morgan fingerprint density at radius 3 is 2.79 bits per heavy atom. The maximum atomic E-state index is 13.6. The van der Waals surface area contributed by atoms with Crippen LogP contribution in [0.5, 0.6) is 5.75 Å². The van der Waals surface area contributed by atoms with Gasteiger partial charge in [0.25, 0.3) is 5.91 Å². The van der Waals surface area contributed by atoms with Gasteiger partial charge in [-0.05, 0) is 57.4 Å². The Morgan fingerprint density at radius 2 is 2.07 bits per heavy atom. The Hall–Kier alpha value is -2.54. The molecule has 0 aliphatic carbocycles. The number of fused-ring (bicyclic) bond motifs is 5. The summed E-state index contributed by atoms with van der Waals surface area (Å²) in [5, 5.41) is 1.06. The number of hydrogen-bond donors (Lipinski definition) is 1. The smallest absolute Gasteiger partial charge is 0.254 e. The van der Waals surface area contributed by atoms with Crippen molar-refractivity contribution in [1.82, 2.24) is 14.8 Å². The standard InChI is InChI=1S/C22H29N3O4/c1-14(2)29-11-5-9-24-13-19(26)25-10-8-16-17-12-15(28-4)6-7-18(17)23-20(16)22(25,3)21(24)27/h6-7,12,14,23H,5,8-11,13H2,1-4H3. The fourth-order valence-corrected chi connectivity index (χ4v) is 4.59. The summed E-state index contributed by atoms with van der Waals surface area (Å²) in [6.07, 6.45) is 1.59. The Bertz CT molecular complexity index is 951. The van der Waals surface area contributed by atoms with Gasteiger partial charge in [0.1, 0.15) is 5.75 Å². The first-order chi connectivity index (χ1) is 13.9. The normalized spacial score (nSPS) is 21.7. The molecule has 1 saturated heterocycles. The van der Waals surface area contributed by atoms with Crippen LogP contribution in [0.3, 0.4) is 0 Å². The lowest BCUT2D eigenvalue weighted by Crippen LogP contribution is -2.67. The number of H-pyrrole nitrogens is 1. The number of methoxy groups -OCH3 is 1. The second-order valence-corrected chi connectivity index (χ2v) is 8.26. The lowest BCUT2D eigenvalue weighted by molar-refractivity contribution is -0.166. The van der Waals surface area contributed by atoms with Crippen molar-refractivity contribution in [1.29, 1.82) is 0 Å². The predicted octanol–water partition coefficient (Wildman–Crippen LogP) is 2.43. The first kappa shape index (κ1) is 19.8. The van der Waals surface area contributed by atoms with Gasteiger partial charge in [0, 0.05) is 30.6 Å². The summed E-state index contributed by atoms with van der Waals surface area (Å²) in [4.78, 5) is 33.4. The maximum Gasteiger partial charge on any atom is 0.254 e. The Morgan fingerprint density at radius 1 is 1.28 bits per heavy atom. The highest BCUT2D eigenvalue weighted by Crippen LogP contribution is 2.42. The summed E-state index contributed by atoms with van der Waals surface area (Å²) in [6, 6.07) is 5.87. The molecule has 0 bridgehead atoms. The van der Waals surface area contributed by atoms with E-state index in [1.807, 2.05) is 39.0 Å². The Balaban J connectivity index is 1.68. The van der Waals surface area contributed by atoms with Crippen molar-refractivity contribution in [2.75, 3.05) is 33.4 Å². The number of nitrogens with one attached hydrogen (secondary N) is 1. The molecule has 156 valence electrons. The number of rotatable bonds is 6. The molecule has 2 amide bonds. The van der Waals surface area contributed by atoms with Gasteiger partial charge in [0.2, 0.25) is 5.91 Å². The third kappa shape index (κ3) is 3.17. The van der Waals surface area contributed by atoms with Crippen LogP contribution in [0.4, 0.5) is 0 Å². The zero-order valence-electron chi connectivity index (χ0n) is 17.6. The molecule has 2 aliphatic heterocycles. The summed E-state index contributed by atoms with van der Waals surface area (Å²) in [7, 11) is 1.65. The Kier molecular flexibility index (Phi) is 5.02. The number of nitrogens with zero attached hydrogens (tertiary/aromatic N) is 2. The van der Waals surface area contributed by atoms with E-state index >= 15 is 0 Å². The van der Waals surface area contributed by atoms with E-state index in [-0.39, 0.29) is 24.5 Å². The molecule has 3 heterocycles. The van der Waals surface area contributed by atoms with E-state index in [1.54, 1.807) is 16.9 Å². The maximum absolute atomic E-state index is 13.6. The van der Waals surface area contributed by atoms with Crippen molar-refractivity contribution < 1.29 is 19.1 Å². The molecule has 7 nitrogen and oxygen atoms in total. The topological polar surface area (TPSA) is 74.9 Å². The Labute approximate surface area is 170 Å². The van der Waals surface area contributed by atoms with Gasteiger partial charge in [-0.15, -0.1) is 0 Å². The van der Waals surface area contributed by atoms with Crippen molar-refractivity contribution in [2.45, 2.75) is 45.3 Å². The minimum atomic E-state index is -1.01. The van der Waals surface area contributed by atoms with Crippen molar-refractivity contribution in [3.63, 3.8) is 0 Å². The number of ether oxygens (including phenoxy) is 2. The fourth-order valence-electron chi connectivity index (χ4n) is 4.59. The van der Waals surface area contributed by atoms with Gasteiger partial charge in [0.05, 0.1) is 25.5 Å². The van der Waals surface area contributed by atoms with Gasteiger partial charge in [0.15, 0.2) is 5.54 Å². The fraction of sp³-hybridized carbons (Fsp3) is 0.545. The molecular weight excluding hydrogens is 370 g/mol. The van der Waals surface area contributed by atoms with Gasteiger partial charge in [-0.2, -0.15) is 0 Å². The predicted molar refractivity (Wildman–Crippen MR) is 110 cm³/mol. The van der Waals surface area contributed by atoms with Crippen LogP contribution in [0.2, 0.25) is 0 Å². The second kappa shape index (κ2) is 7.37. The van der Waals surface area contributed by atoms with Crippen LogP contribution in [0, 0.1) is 0 Å². The van der Waals surface area contributed by atoms with Crippen LogP contribution in [-0.4, -0.2) is 66.1 Å². The average molecular weight is 399 g/mol. The third-order valence-electron chi connectivity index (χ3n) is 6.08. The summed E-state index contributed by atoms with van der Waals surface area (Å²) in [6.45, 7) is 7.63. The monoisotopic (exact) mass is 399 g/mol. The molecule has 4 rings (SSSR count). The highest BCUT2D eigenvalue weighted by atomic mass is 16.5. The summed E-state index contributed by atoms with van der Waals surface area (Å²) in [5.41, 5.74) is 1.88. The van der Waals surface area contributed by atoms with Gasteiger partial charge < -0.3 is 24.3 Å². The summed E-state index contributed by atoms with van der Waals surface area (Å²) < 4.78 is 11.0. The van der Waals surface area contributed by atoms with E-state index in [9.17, 15) is 9.59 Å². The zero-order chi connectivity index (χ0) is 20.8. The molecule has 2 aliphatic rings. The van der Waals surface area contributed by atoms with Gasteiger partial charge in [-0.1, -0.05) is 0 Å². The molecule has 7 heteroatoms. The van der Waals surface area contributed by atoms with Crippen LogP contribution in [0.15, 0.2) is 18.2 Å².